The second-order valence-corrected chi connectivity index (χ2v) is 5.22. The zero-order valence-corrected chi connectivity index (χ0v) is 12.2. The van der Waals surface area contributed by atoms with Crippen molar-refractivity contribution in [3.8, 4) is 5.75 Å². The number of rotatable bonds is 5. The molecule has 7 heteroatoms. The lowest BCUT2D eigenvalue weighted by atomic mass is 9.92. The third-order valence-electron chi connectivity index (χ3n) is 3.78. The van der Waals surface area contributed by atoms with E-state index in [9.17, 15) is 18.0 Å². The van der Waals surface area contributed by atoms with E-state index < -0.39 is 17.7 Å². The number of ether oxygens (including phenoxy) is 2. The summed E-state index contributed by atoms with van der Waals surface area (Å²) >= 11 is 0. The quantitative estimate of drug-likeness (QED) is 0.848. The van der Waals surface area contributed by atoms with E-state index in [0.717, 1.165) is 25.1 Å². The van der Waals surface area contributed by atoms with Crippen molar-refractivity contribution >= 4 is 5.97 Å². The lowest BCUT2D eigenvalue weighted by molar-refractivity contribution is -0.148. The minimum atomic E-state index is -4.37. The second kappa shape index (κ2) is 7.00. The highest BCUT2D eigenvalue weighted by atomic mass is 19.4. The van der Waals surface area contributed by atoms with Crippen molar-refractivity contribution in [1.82, 2.24) is 5.32 Å². The Bertz CT molecular complexity index is 496. The molecule has 1 aliphatic rings. The van der Waals surface area contributed by atoms with Crippen molar-refractivity contribution in [2.24, 2.45) is 11.8 Å². The minimum Gasteiger partial charge on any atom is -0.493 e. The summed E-state index contributed by atoms with van der Waals surface area (Å²) in [5.41, 5.74) is -0.732. The van der Waals surface area contributed by atoms with Gasteiger partial charge in [0.05, 0.1) is 18.6 Å². The van der Waals surface area contributed by atoms with E-state index in [0.29, 0.717) is 12.3 Å². The Morgan fingerprint density at radius 3 is 2.55 bits per heavy atom. The maximum atomic E-state index is 12.5. The van der Waals surface area contributed by atoms with Crippen LogP contribution < -0.4 is 10.1 Å². The number of esters is 1. The molecule has 0 amide bonds. The molecule has 0 aromatic heterocycles. The Labute approximate surface area is 126 Å². The highest BCUT2D eigenvalue weighted by Crippen LogP contribution is 2.30. The lowest BCUT2D eigenvalue weighted by Gasteiger charge is -2.21. The summed E-state index contributed by atoms with van der Waals surface area (Å²) in [7, 11) is 1.32. The number of hydrogen-bond donors (Lipinski definition) is 1. The van der Waals surface area contributed by atoms with Crippen LogP contribution in [0.25, 0.3) is 0 Å². The largest absolute Gasteiger partial charge is 0.493 e. The number of methoxy groups -OCH3 is 1. The van der Waals surface area contributed by atoms with Gasteiger partial charge in [-0.1, -0.05) is 0 Å². The average molecular weight is 317 g/mol. The van der Waals surface area contributed by atoms with Gasteiger partial charge in [-0.3, -0.25) is 4.79 Å². The summed E-state index contributed by atoms with van der Waals surface area (Å²) in [5, 5.41) is 3.17. The maximum absolute atomic E-state index is 12.5. The smallest absolute Gasteiger partial charge is 0.416 e. The first-order chi connectivity index (χ1) is 10.4. The molecule has 122 valence electrons. The third-order valence-corrected chi connectivity index (χ3v) is 3.78. The fourth-order valence-electron chi connectivity index (χ4n) is 2.49. The van der Waals surface area contributed by atoms with E-state index in [-0.39, 0.29) is 18.5 Å². The third kappa shape index (κ3) is 4.13. The molecule has 2 unspecified atom stereocenters. The molecule has 4 nitrogen and oxygen atoms in total. The lowest BCUT2D eigenvalue weighted by Crippen LogP contribution is -2.31. The minimum absolute atomic E-state index is 0.0877. The first-order valence-electron chi connectivity index (χ1n) is 7.00. The van der Waals surface area contributed by atoms with Crippen LogP contribution in [0.3, 0.4) is 0 Å². The van der Waals surface area contributed by atoms with Gasteiger partial charge in [-0.05, 0) is 49.7 Å². The highest BCUT2D eigenvalue weighted by Gasteiger charge is 2.32. The SMILES string of the molecule is COC(=O)C(COc1ccc(C(F)(F)F)cc1)C1CCNC1. The topological polar surface area (TPSA) is 47.6 Å². The number of halogens is 3. The normalized spacial score (nSPS) is 19.7. The number of carbonyl (C=O) groups excluding carboxylic acids is 1. The molecule has 22 heavy (non-hydrogen) atoms. The molecule has 0 radical (unpaired) electrons. The molecule has 1 N–H and O–H groups in total. The zero-order chi connectivity index (χ0) is 16.2. The second-order valence-electron chi connectivity index (χ2n) is 5.22. The summed E-state index contributed by atoms with van der Waals surface area (Å²) in [6.07, 6.45) is -3.53. The molecule has 2 atom stereocenters. The molecule has 0 saturated carbocycles. The van der Waals surface area contributed by atoms with Crippen molar-refractivity contribution in [3.63, 3.8) is 0 Å². The van der Waals surface area contributed by atoms with Gasteiger partial charge in [0.1, 0.15) is 12.4 Å². The summed E-state index contributed by atoms with van der Waals surface area (Å²) < 4.78 is 47.7. The molecule has 1 aromatic carbocycles. The monoisotopic (exact) mass is 317 g/mol. The van der Waals surface area contributed by atoms with Gasteiger partial charge in [-0.25, -0.2) is 0 Å². The van der Waals surface area contributed by atoms with Crippen LogP contribution in [0.4, 0.5) is 13.2 Å². The molecule has 1 fully saturated rings. The van der Waals surface area contributed by atoms with Gasteiger partial charge in [0.25, 0.3) is 0 Å². The van der Waals surface area contributed by atoms with Crippen LogP contribution in [-0.2, 0) is 15.7 Å². The molecular formula is C15H18F3NO3. The summed E-state index contributed by atoms with van der Waals surface area (Å²) in [4.78, 5) is 11.8. The number of alkyl halides is 3. The first-order valence-corrected chi connectivity index (χ1v) is 7.00. The molecular weight excluding hydrogens is 299 g/mol. The van der Waals surface area contributed by atoms with E-state index in [1.54, 1.807) is 0 Å². The van der Waals surface area contributed by atoms with Crippen molar-refractivity contribution in [3.05, 3.63) is 29.8 Å². The Morgan fingerprint density at radius 2 is 2.05 bits per heavy atom. The molecule has 0 aliphatic carbocycles. The molecule has 1 saturated heterocycles. The molecule has 1 heterocycles. The van der Waals surface area contributed by atoms with Crippen LogP contribution >= 0.6 is 0 Å². The van der Waals surface area contributed by atoms with Gasteiger partial charge in [0.2, 0.25) is 0 Å². The summed E-state index contributed by atoms with van der Waals surface area (Å²) in [6.45, 7) is 1.62. The van der Waals surface area contributed by atoms with Crippen LogP contribution in [0.2, 0.25) is 0 Å². The number of carbonyl (C=O) groups is 1. The standard InChI is InChI=1S/C15H18F3NO3/c1-21-14(20)13(10-6-7-19-8-10)9-22-12-4-2-11(3-5-12)15(16,17)18/h2-5,10,13,19H,6-9H2,1H3. The Balaban J connectivity index is 1.98. The average Bonchev–Trinajstić information content (AvgIpc) is 3.01. The summed E-state index contributed by atoms with van der Waals surface area (Å²) in [6, 6.07) is 4.42. The number of benzene rings is 1. The molecule has 2 rings (SSSR count). The van der Waals surface area contributed by atoms with Crippen molar-refractivity contribution in [2.75, 3.05) is 26.8 Å². The predicted octanol–water partition coefficient (Wildman–Crippen LogP) is 2.48. The van der Waals surface area contributed by atoms with Crippen LogP contribution in [-0.4, -0.2) is 32.8 Å². The van der Waals surface area contributed by atoms with Gasteiger partial charge in [0.15, 0.2) is 0 Å². The molecule has 0 bridgehead atoms. The van der Waals surface area contributed by atoms with E-state index in [1.807, 2.05) is 0 Å². The van der Waals surface area contributed by atoms with Crippen LogP contribution in [0.15, 0.2) is 24.3 Å². The van der Waals surface area contributed by atoms with Crippen molar-refractivity contribution in [2.45, 2.75) is 12.6 Å². The van der Waals surface area contributed by atoms with Gasteiger partial charge in [-0.15, -0.1) is 0 Å². The van der Waals surface area contributed by atoms with Crippen molar-refractivity contribution in [1.29, 1.82) is 0 Å². The van der Waals surface area contributed by atoms with E-state index >= 15 is 0 Å². The van der Waals surface area contributed by atoms with Crippen LogP contribution in [0.5, 0.6) is 5.75 Å². The first kappa shape index (κ1) is 16.6. The van der Waals surface area contributed by atoms with Gasteiger partial charge >= 0.3 is 12.1 Å². The Hall–Kier alpha value is -1.76. The highest BCUT2D eigenvalue weighted by molar-refractivity contribution is 5.73. The summed E-state index contributed by atoms with van der Waals surface area (Å²) in [5.74, 6) is -0.377. The number of hydrogen-bond acceptors (Lipinski definition) is 4. The van der Waals surface area contributed by atoms with Crippen LogP contribution in [0, 0.1) is 11.8 Å². The Kier molecular flexibility index (Phi) is 5.28. The predicted molar refractivity (Wildman–Crippen MR) is 73.4 cm³/mol. The Morgan fingerprint density at radius 1 is 1.36 bits per heavy atom. The van der Waals surface area contributed by atoms with Gasteiger partial charge < -0.3 is 14.8 Å². The maximum Gasteiger partial charge on any atom is 0.416 e. The zero-order valence-electron chi connectivity index (χ0n) is 12.2. The molecule has 1 aliphatic heterocycles. The number of nitrogens with one attached hydrogen (secondary N) is 1. The van der Waals surface area contributed by atoms with E-state index in [2.05, 4.69) is 5.32 Å². The van der Waals surface area contributed by atoms with Gasteiger partial charge in [0, 0.05) is 0 Å². The van der Waals surface area contributed by atoms with E-state index in [4.69, 9.17) is 9.47 Å². The van der Waals surface area contributed by atoms with Crippen LogP contribution in [0.1, 0.15) is 12.0 Å². The van der Waals surface area contributed by atoms with Gasteiger partial charge in [-0.2, -0.15) is 13.2 Å². The molecule has 0 spiro atoms. The fourth-order valence-corrected chi connectivity index (χ4v) is 2.49. The molecule has 1 aromatic rings. The van der Waals surface area contributed by atoms with Crippen molar-refractivity contribution < 1.29 is 27.4 Å². The fraction of sp³-hybridized carbons (Fsp3) is 0.533. The van der Waals surface area contributed by atoms with E-state index in [1.165, 1.54) is 19.2 Å².